The van der Waals surface area contributed by atoms with Crippen molar-refractivity contribution >= 4 is 0 Å². The van der Waals surface area contributed by atoms with E-state index in [2.05, 4.69) is 33.4 Å². The second-order valence-electron chi connectivity index (χ2n) is 3.12. The number of hydrogen-bond donors (Lipinski definition) is 0. The van der Waals surface area contributed by atoms with E-state index < -0.39 is 0 Å². The predicted octanol–water partition coefficient (Wildman–Crippen LogP) is 3.95. The molecule has 0 radical (unpaired) electrons. The van der Waals surface area contributed by atoms with Crippen molar-refractivity contribution < 1.29 is 0 Å². The van der Waals surface area contributed by atoms with Gasteiger partial charge in [0, 0.05) is 0 Å². The lowest BCUT2D eigenvalue weighted by molar-refractivity contribution is 0.619. The molecule has 0 heteroatoms. The summed E-state index contributed by atoms with van der Waals surface area (Å²) < 4.78 is 0. The van der Waals surface area contributed by atoms with Crippen LogP contribution in [0.5, 0.6) is 0 Å². The van der Waals surface area contributed by atoms with Gasteiger partial charge >= 0.3 is 0 Å². The van der Waals surface area contributed by atoms with E-state index in [1.807, 2.05) is 6.08 Å². The molecule has 64 valence electrons. The normalized spacial score (nSPS) is 14.6. The third kappa shape index (κ3) is 4.83. The first-order valence-corrected chi connectivity index (χ1v) is 4.49. The first-order valence-electron chi connectivity index (χ1n) is 4.49. The third-order valence-corrected chi connectivity index (χ3v) is 2.11. The van der Waals surface area contributed by atoms with Crippen molar-refractivity contribution in [2.24, 2.45) is 5.92 Å². The molecule has 0 N–H and O–H groups in total. The van der Waals surface area contributed by atoms with Gasteiger partial charge in [-0.3, -0.25) is 0 Å². The average molecular weight is 152 g/mol. The van der Waals surface area contributed by atoms with Gasteiger partial charge in [-0.25, -0.2) is 0 Å². The Morgan fingerprint density at radius 3 is 2.64 bits per heavy atom. The van der Waals surface area contributed by atoms with Crippen LogP contribution in [-0.2, 0) is 0 Å². The van der Waals surface area contributed by atoms with Crippen LogP contribution in [-0.4, -0.2) is 0 Å². The van der Waals surface area contributed by atoms with Crippen molar-refractivity contribution in [1.29, 1.82) is 0 Å². The van der Waals surface area contributed by atoms with E-state index in [4.69, 9.17) is 0 Å². The second-order valence-corrected chi connectivity index (χ2v) is 3.12. The van der Waals surface area contributed by atoms with Crippen LogP contribution in [0.2, 0.25) is 0 Å². The standard InChI is InChI=1S/C11H20/c1-5-7-9-11(4)10(3)8-6-2/h5,8,11H,1,6-7,9H2,2-4H3/b10-8-. The Labute approximate surface area is 71.0 Å². The van der Waals surface area contributed by atoms with Crippen LogP contribution in [0.1, 0.15) is 40.0 Å². The maximum atomic E-state index is 3.72. The van der Waals surface area contributed by atoms with Crippen LogP contribution in [0.3, 0.4) is 0 Å². The fourth-order valence-electron chi connectivity index (χ4n) is 1.12. The number of allylic oxidation sites excluding steroid dienone is 3. The van der Waals surface area contributed by atoms with Crippen LogP contribution < -0.4 is 0 Å². The first kappa shape index (κ1) is 10.5. The minimum absolute atomic E-state index is 0.730. The van der Waals surface area contributed by atoms with Gasteiger partial charge in [-0.15, -0.1) is 6.58 Å². The Bertz CT molecular complexity index is 131. The molecule has 1 atom stereocenters. The zero-order valence-electron chi connectivity index (χ0n) is 8.06. The fraction of sp³-hybridized carbons (Fsp3) is 0.636. The molecule has 0 aromatic heterocycles. The summed E-state index contributed by atoms with van der Waals surface area (Å²) in [5, 5.41) is 0. The minimum Gasteiger partial charge on any atom is -0.103 e. The van der Waals surface area contributed by atoms with Gasteiger partial charge in [0.25, 0.3) is 0 Å². The van der Waals surface area contributed by atoms with Crippen molar-refractivity contribution in [3.63, 3.8) is 0 Å². The molecule has 0 nitrogen and oxygen atoms in total. The molecular weight excluding hydrogens is 132 g/mol. The Kier molecular flexibility index (Phi) is 5.91. The topological polar surface area (TPSA) is 0 Å². The molecule has 0 spiro atoms. The summed E-state index contributed by atoms with van der Waals surface area (Å²) in [6.45, 7) is 10.4. The van der Waals surface area contributed by atoms with E-state index in [9.17, 15) is 0 Å². The number of rotatable bonds is 5. The molecule has 0 saturated heterocycles. The lowest BCUT2D eigenvalue weighted by Crippen LogP contribution is -1.95. The van der Waals surface area contributed by atoms with Crippen molar-refractivity contribution in [2.75, 3.05) is 0 Å². The summed E-state index contributed by atoms with van der Waals surface area (Å²) in [6, 6.07) is 0. The highest BCUT2D eigenvalue weighted by Crippen LogP contribution is 2.16. The zero-order valence-corrected chi connectivity index (χ0v) is 8.06. The van der Waals surface area contributed by atoms with Gasteiger partial charge in [-0.2, -0.15) is 0 Å². The lowest BCUT2D eigenvalue weighted by Gasteiger charge is -2.09. The highest BCUT2D eigenvalue weighted by molar-refractivity contribution is 5.01. The summed E-state index contributed by atoms with van der Waals surface area (Å²) >= 11 is 0. The Morgan fingerprint density at radius 1 is 1.55 bits per heavy atom. The maximum Gasteiger partial charge on any atom is -0.0232 e. The van der Waals surface area contributed by atoms with Gasteiger partial charge in [0.1, 0.15) is 0 Å². The SMILES string of the molecule is C=CCCC(C)/C(C)=C\CC. The van der Waals surface area contributed by atoms with Crippen LogP contribution >= 0.6 is 0 Å². The summed E-state index contributed by atoms with van der Waals surface area (Å²) in [4.78, 5) is 0. The predicted molar refractivity (Wildman–Crippen MR) is 52.6 cm³/mol. The summed E-state index contributed by atoms with van der Waals surface area (Å²) in [7, 11) is 0. The van der Waals surface area contributed by atoms with Crippen LogP contribution in [0, 0.1) is 5.92 Å². The molecule has 0 aliphatic rings. The van der Waals surface area contributed by atoms with Crippen molar-refractivity contribution in [3.05, 3.63) is 24.3 Å². The highest BCUT2D eigenvalue weighted by atomic mass is 14.1. The Balaban J connectivity index is 3.71. The van der Waals surface area contributed by atoms with Gasteiger partial charge in [-0.1, -0.05) is 31.6 Å². The van der Waals surface area contributed by atoms with Crippen molar-refractivity contribution in [2.45, 2.75) is 40.0 Å². The van der Waals surface area contributed by atoms with Gasteiger partial charge in [0.05, 0.1) is 0 Å². The largest absolute Gasteiger partial charge is 0.103 e. The number of hydrogen-bond acceptors (Lipinski definition) is 0. The molecule has 0 rings (SSSR count). The van der Waals surface area contributed by atoms with E-state index in [0.29, 0.717) is 0 Å². The van der Waals surface area contributed by atoms with E-state index in [1.54, 1.807) is 0 Å². The molecule has 1 unspecified atom stereocenters. The first-order chi connectivity index (χ1) is 5.22. The van der Waals surface area contributed by atoms with E-state index in [0.717, 1.165) is 18.8 Å². The fourth-order valence-corrected chi connectivity index (χ4v) is 1.12. The zero-order chi connectivity index (χ0) is 8.69. The van der Waals surface area contributed by atoms with Gasteiger partial charge < -0.3 is 0 Å². The van der Waals surface area contributed by atoms with E-state index in [-0.39, 0.29) is 0 Å². The Hall–Kier alpha value is -0.520. The minimum atomic E-state index is 0.730. The van der Waals surface area contributed by atoms with E-state index in [1.165, 1.54) is 12.0 Å². The molecule has 11 heavy (non-hydrogen) atoms. The molecule has 0 aromatic carbocycles. The third-order valence-electron chi connectivity index (χ3n) is 2.11. The molecule has 0 fully saturated rings. The van der Waals surface area contributed by atoms with E-state index >= 15 is 0 Å². The average Bonchev–Trinajstić information content (AvgIpc) is 2.00. The van der Waals surface area contributed by atoms with Gasteiger partial charge in [0.2, 0.25) is 0 Å². The summed E-state index contributed by atoms with van der Waals surface area (Å²) in [6.07, 6.45) is 7.84. The molecule has 0 aliphatic heterocycles. The molecule has 0 aromatic rings. The smallest absolute Gasteiger partial charge is 0.0232 e. The second kappa shape index (κ2) is 6.21. The molecule has 0 bridgehead atoms. The monoisotopic (exact) mass is 152 g/mol. The summed E-state index contributed by atoms with van der Waals surface area (Å²) in [5.41, 5.74) is 1.52. The molecule has 0 saturated carbocycles. The van der Waals surface area contributed by atoms with Gasteiger partial charge in [-0.05, 0) is 32.1 Å². The molecular formula is C11H20. The van der Waals surface area contributed by atoms with Crippen molar-refractivity contribution in [1.82, 2.24) is 0 Å². The molecule has 0 heterocycles. The van der Waals surface area contributed by atoms with Crippen molar-refractivity contribution in [3.8, 4) is 0 Å². The molecule has 0 amide bonds. The van der Waals surface area contributed by atoms with Gasteiger partial charge in [0.15, 0.2) is 0 Å². The Morgan fingerprint density at radius 2 is 2.18 bits per heavy atom. The maximum absolute atomic E-state index is 3.72. The quantitative estimate of drug-likeness (QED) is 0.523. The summed E-state index contributed by atoms with van der Waals surface area (Å²) in [5.74, 6) is 0.730. The highest BCUT2D eigenvalue weighted by Gasteiger charge is 2.00. The molecule has 0 aliphatic carbocycles. The van der Waals surface area contributed by atoms with Crippen LogP contribution in [0.4, 0.5) is 0 Å². The van der Waals surface area contributed by atoms with Crippen LogP contribution in [0.25, 0.3) is 0 Å². The van der Waals surface area contributed by atoms with Crippen LogP contribution in [0.15, 0.2) is 24.3 Å². The lowest BCUT2D eigenvalue weighted by atomic mass is 9.97.